The van der Waals surface area contributed by atoms with E-state index in [0.717, 1.165) is 17.7 Å². The monoisotopic (exact) mass is 366 g/mol. The highest BCUT2D eigenvalue weighted by Gasteiger charge is 2.37. The maximum absolute atomic E-state index is 9.37. The minimum Gasteiger partial charge on any atom is -0.508 e. The van der Waals surface area contributed by atoms with Gasteiger partial charge in [-0.3, -0.25) is 4.99 Å². The Balaban J connectivity index is 1.38. The number of aromatic hydroxyl groups is 1. The molecule has 3 atom stereocenters. The molecular weight excluding hydrogens is 344 g/mol. The second-order valence-electron chi connectivity index (χ2n) is 7.50. The zero-order valence-corrected chi connectivity index (χ0v) is 15.5. The summed E-state index contributed by atoms with van der Waals surface area (Å²) in [7, 11) is 0. The Bertz CT molecular complexity index is 1030. The van der Waals surface area contributed by atoms with Gasteiger partial charge in [-0.1, -0.05) is 42.5 Å². The Labute approximate surface area is 165 Å². The largest absolute Gasteiger partial charge is 0.508 e. The van der Waals surface area contributed by atoms with Gasteiger partial charge < -0.3 is 10.4 Å². The number of rotatable bonds is 3. The molecule has 1 aliphatic heterocycles. The fourth-order valence-corrected chi connectivity index (χ4v) is 4.35. The van der Waals surface area contributed by atoms with Gasteiger partial charge >= 0.3 is 0 Å². The molecule has 0 fully saturated rings. The minimum atomic E-state index is 0.266. The zero-order chi connectivity index (χ0) is 18.9. The van der Waals surface area contributed by atoms with Crippen LogP contribution in [-0.4, -0.2) is 11.3 Å². The number of aliphatic imine (C=N–C) groups is 1. The third-order valence-electron chi connectivity index (χ3n) is 5.78. The number of benzene rings is 3. The van der Waals surface area contributed by atoms with Crippen molar-refractivity contribution in [3.8, 4) is 5.75 Å². The van der Waals surface area contributed by atoms with Gasteiger partial charge in [-0.15, -0.1) is 0 Å². The van der Waals surface area contributed by atoms with Crippen LogP contribution in [0.15, 0.2) is 89.9 Å². The number of phenols is 1. The van der Waals surface area contributed by atoms with Crippen LogP contribution in [0, 0.1) is 5.92 Å². The van der Waals surface area contributed by atoms with Gasteiger partial charge in [-0.25, -0.2) is 0 Å². The number of allylic oxidation sites excluding steroid dienone is 2. The van der Waals surface area contributed by atoms with Crippen molar-refractivity contribution < 1.29 is 5.11 Å². The van der Waals surface area contributed by atoms with Crippen LogP contribution in [-0.2, 0) is 0 Å². The van der Waals surface area contributed by atoms with Gasteiger partial charge in [-0.05, 0) is 71.5 Å². The summed E-state index contributed by atoms with van der Waals surface area (Å²) in [5.74, 6) is 1.32. The molecule has 3 aromatic rings. The minimum absolute atomic E-state index is 0.266. The highest BCUT2D eigenvalue weighted by molar-refractivity contribution is 5.82. The zero-order valence-electron chi connectivity index (χ0n) is 15.5. The molecule has 138 valence electrons. The van der Waals surface area contributed by atoms with Crippen molar-refractivity contribution >= 4 is 17.6 Å². The summed E-state index contributed by atoms with van der Waals surface area (Å²) < 4.78 is 0. The lowest BCUT2D eigenvalue weighted by Gasteiger charge is -2.37. The Morgan fingerprint density at radius 1 is 0.929 bits per heavy atom. The number of phenolic OH excluding ortho intramolecular Hbond substituents is 1. The molecule has 28 heavy (non-hydrogen) atoms. The first-order chi connectivity index (χ1) is 13.8. The normalized spacial score (nSPS) is 22.6. The van der Waals surface area contributed by atoms with E-state index < -0.39 is 0 Å². The van der Waals surface area contributed by atoms with Gasteiger partial charge in [0, 0.05) is 17.8 Å². The molecule has 0 spiro atoms. The van der Waals surface area contributed by atoms with Crippen LogP contribution < -0.4 is 5.32 Å². The van der Waals surface area contributed by atoms with Crippen LogP contribution in [0.5, 0.6) is 5.75 Å². The van der Waals surface area contributed by atoms with Crippen LogP contribution in [0.3, 0.4) is 0 Å². The highest BCUT2D eigenvalue weighted by Crippen LogP contribution is 2.49. The molecule has 3 nitrogen and oxygen atoms in total. The van der Waals surface area contributed by atoms with E-state index in [2.05, 4.69) is 71.0 Å². The van der Waals surface area contributed by atoms with E-state index in [9.17, 15) is 5.11 Å². The molecule has 0 aromatic heterocycles. The van der Waals surface area contributed by atoms with E-state index in [1.54, 1.807) is 12.1 Å². The third-order valence-corrected chi connectivity index (χ3v) is 5.78. The number of para-hydroxylation sites is 1. The molecule has 0 saturated heterocycles. The van der Waals surface area contributed by atoms with Gasteiger partial charge in [0.2, 0.25) is 0 Å². The summed E-state index contributed by atoms with van der Waals surface area (Å²) in [6.45, 7) is 0. The van der Waals surface area contributed by atoms with E-state index >= 15 is 0 Å². The van der Waals surface area contributed by atoms with Crippen LogP contribution in [0.1, 0.15) is 35.1 Å². The molecular formula is C25H22N2O. The van der Waals surface area contributed by atoms with Gasteiger partial charge in [-0.2, -0.15) is 0 Å². The smallest absolute Gasteiger partial charge is 0.115 e. The number of anilines is 1. The SMILES string of the molecule is Oc1ccc(C=Nc2ccc([C@@H]3Nc4ccccc4[C@H]4C=CC[C@H]43)cc2)cc1. The fraction of sp³-hybridized carbons (Fsp3) is 0.160. The van der Waals surface area contributed by atoms with Crippen LogP contribution >= 0.6 is 0 Å². The molecule has 0 radical (unpaired) electrons. The van der Waals surface area contributed by atoms with Gasteiger partial charge in [0.25, 0.3) is 0 Å². The first-order valence-electron chi connectivity index (χ1n) is 9.73. The maximum atomic E-state index is 9.37. The number of hydrogen-bond donors (Lipinski definition) is 2. The summed E-state index contributed by atoms with van der Waals surface area (Å²) in [6, 6.07) is 24.5. The summed E-state index contributed by atoms with van der Waals surface area (Å²) in [4.78, 5) is 4.56. The number of hydrogen-bond acceptors (Lipinski definition) is 3. The first-order valence-corrected chi connectivity index (χ1v) is 9.73. The lowest BCUT2D eigenvalue weighted by atomic mass is 9.77. The second-order valence-corrected chi connectivity index (χ2v) is 7.50. The topological polar surface area (TPSA) is 44.6 Å². The average molecular weight is 366 g/mol. The lowest BCUT2D eigenvalue weighted by molar-refractivity contribution is 0.425. The molecule has 2 aliphatic rings. The molecule has 2 N–H and O–H groups in total. The van der Waals surface area contributed by atoms with Gasteiger partial charge in [0.1, 0.15) is 5.75 Å². The Morgan fingerprint density at radius 3 is 2.54 bits per heavy atom. The maximum Gasteiger partial charge on any atom is 0.115 e. The second kappa shape index (κ2) is 7.01. The molecule has 0 unspecified atom stereocenters. The molecule has 1 aliphatic carbocycles. The third kappa shape index (κ3) is 3.09. The molecule has 0 amide bonds. The average Bonchev–Trinajstić information content (AvgIpc) is 3.23. The Hall–Kier alpha value is -3.33. The van der Waals surface area contributed by atoms with Crippen LogP contribution in [0.25, 0.3) is 0 Å². The molecule has 5 rings (SSSR count). The molecule has 0 saturated carbocycles. The summed E-state index contributed by atoms with van der Waals surface area (Å²) >= 11 is 0. The molecule has 0 bridgehead atoms. The van der Waals surface area contributed by atoms with Crippen molar-refractivity contribution in [1.29, 1.82) is 0 Å². The van der Waals surface area contributed by atoms with E-state index in [1.165, 1.54) is 16.8 Å². The van der Waals surface area contributed by atoms with E-state index in [-0.39, 0.29) is 5.75 Å². The first kappa shape index (κ1) is 16.8. The van der Waals surface area contributed by atoms with Gasteiger partial charge in [0.05, 0.1) is 11.7 Å². The molecule has 1 heterocycles. The predicted octanol–water partition coefficient (Wildman–Crippen LogP) is 5.97. The summed E-state index contributed by atoms with van der Waals surface area (Å²) in [5, 5.41) is 13.1. The highest BCUT2D eigenvalue weighted by atomic mass is 16.3. The van der Waals surface area contributed by atoms with Crippen LogP contribution in [0.4, 0.5) is 11.4 Å². The fourth-order valence-electron chi connectivity index (χ4n) is 4.35. The lowest BCUT2D eigenvalue weighted by Crippen LogP contribution is -2.28. The summed E-state index contributed by atoms with van der Waals surface area (Å²) in [5.41, 5.74) is 5.85. The molecule has 3 heteroatoms. The predicted molar refractivity (Wildman–Crippen MR) is 115 cm³/mol. The Kier molecular flexibility index (Phi) is 4.21. The summed E-state index contributed by atoms with van der Waals surface area (Å²) in [6.07, 6.45) is 7.62. The van der Waals surface area contributed by atoms with Crippen molar-refractivity contribution in [2.24, 2.45) is 10.9 Å². The van der Waals surface area contributed by atoms with Crippen molar-refractivity contribution in [2.75, 3.05) is 5.32 Å². The molecule has 3 aromatic carbocycles. The quantitative estimate of drug-likeness (QED) is 0.443. The number of fused-ring (bicyclic) bond motifs is 3. The van der Waals surface area contributed by atoms with Crippen molar-refractivity contribution in [3.63, 3.8) is 0 Å². The standard InChI is InChI=1S/C25H22N2O/c28-20-14-8-17(9-15-20)16-26-19-12-10-18(11-13-19)25-23-6-3-5-21(23)22-4-1-2-7-24(22)27-25/h1-5,7-16,21,23,25,27-28H,6H2/t21-,23-,25+/m1/s1. The van der Waals surface area contributed by atoms with Crippen molar-refractivity contribution in [3.05, 3.63) is 102 Å². The van der Waals surface area contributed by atoms with Crippen LogP contribution in [0.2, 0.25) is 0 Å². The Morgan fingerprint density at radius 2 is 1.71 bits per heavy atom. The van der Waals surface area contributed by atoms with E-state index in [1.807, 2.05) is 18.3 Å². The number of nitrogens with one attached hydrogen (secondary N) is 1. The van der Waals surface area contributed by atoms with E-state index in [4.69, 9.17) is 0 Å². The van der Waals surface area contributed by atoms with Crippen molar-refractivity contribution in [2.45, 2.75) is 18.4 Å². The van der Waals surface area contributed by atoms with Gasteiger partial charge in [0.15, 0.2) is 0 Å². The van der Waals surface area contributed by atoms with Crippen molar-refractivity contribution in [1.82, 2.24) is 0 Å². The van der Waals surface area contributed by atoms with E-state index in [0.29, 0.717) is 17.9 Å². The number of nitrogens with zero attached hydrogens (tertiary/aromatic N) is 1.